The zero-order valence-electron chi connectivity index (χ0n) is 16.0. The zero-order chi connectivity index (χ0) is 19.7. The average Bonchev–Trinajstić information content (AvgIpc) is 3.30. The van der Waals surface area contributed by atoms with Crippen molar-refractivity contribution in [2.24, 2.45) is 0 Å². The van der Waals surface area contributed by atoms with Crippen LogP contribution in [-0.2, 0) is 20.9 Å². The summed E-state index contributed by atoms with van der Waals surface area (Å²) >= 11 is 0. The van der Waals surface area contributed by atoms with Crippen LogP contribution in [0.3, 0.4) is 0 Å². The minimum absolute atomic E-state index is 0.139. The van der Waals surface area contributed by atoms with Crippen LogP contribution >= 0.6 is 0 Å². The number of carbonyl (C=O) groups excluding carboxylic acids is 4. The molecule has 146 valence electrons. The second kappa shape index (κ2) is 7.64. The molecule has 2 aliphatic heterocycles. The first-order valence-electron chi connectivity index (χ1n) is 9.34. The second-order valence-corrected chi connectivity index (χ2v) is 7.08. The van der Waals surface area contributed by atoms with Gasteiger partial charge >= 0.3 is 17.8 Å². The second-order valence-electron chi connectivity index (χ2n) is 7.08. The molecule has 8 heteroatoms. The fourth-order valence-corrected chi connectivity index (χ4v) is 3.70. The van der Waals surface area contributed by atoms with Gasteiger partial charge in [0.2, 0.25) is 0 Å². The Bertz CT molecular complexity index is 792. The van der Waals surface area contributed by atoms with Crippen molar-refractivity contribution in [2.75, 3.05) is 19.7 Å². The maximum absolute atomic E-state index is 12.8. The Morgan fingerprint density at radius 2 is 1.89 bits per heavy atom. The number of hydrogen-bond acceptors (Lipinski definition) is 5. The molecule has 1 atom stereocenters. The number of hydrogen-bond donors (Lipinski definition) is 0. The van der Waals surface area contributed by atoms with Gasteiger partial charge in [-0.15, -0.1) is 0 Å². The number of ether oxygens (including phenoxy) is 1. The molecule has 3 heterocycles. The number of urea groups is 1. The molecule has 2 aliphatic rings. The summed E-state index contributed by atoms with van der Waals surface area (Å²) in [6.07, 6.45) is 2.72. The van der Waals surface area contributed by atoms with Gasteiger partial charge in [-0.05, 0) is 39.2 Å². The molecule has 4 amide bonds. The molecule has 2 fully saturated rings. The van der Waals surface area contributed by atoms with Crippen LogP contribution in [0.25, 0.3) is 0 Å². The highest BCUT2D eigenvalue weighted by Gasteiger charge is 2.44. The highest BCUT2D eigenvalue weighted by Crippen LogP contribution is 2.22. The van der Waals surface area contributed by atoms with E-state index < -0.39 is 24.4 Å². The lowest BCUT2D eigenvalue weighted by Gasteiger charge is -2.16. The maximum Gasteiger partial charge on any atom is 0.334 e. The third kappa shape index (κ3) is 3.53. The van der Waals surface area contributed by atoms with Crippen LogP contribution in [0.1, 0.15) is 47.9 Å². The molecule has 0 aromatic carbocycles. The third-order valence-corrected chi connectivity index (χ3v) is 5.17. The van der Waals surface area contributed by atoms with Gasteiger partial charge in [-0.2, -0.15) is 0 Å². The zero-order valence-corrected chi connectivity index (χ0v) is 16.0. The van der Waals surface area contributed by atoms with E-state index in [1.54, 1.807) is 6.07 Å². The average molecular weight is 375 g/mol. The number of amides is 4. The Morgan fingerprint density at radius 3 is 2.52 bits per heavy atom. The summed E-state index contributed by atoms with van der Waals surface area (Å²) in [5.74, 6) is -2.15. The van der Waals surface area contributed by atoms with Crippen molar-refractivity contribution >= 4 is 23.6 Å². The largest absolute Gasteiger partial charge is 0.376 e. The van der Waals surface area contributed by atoms with Crippen LogP contribution in [0.5, 0.6) is 0 Å². The number of aryl methyl sites for hydroxylation is 1. The first-order valence-corrected chi connectivity index (χ1v) is 9.34. The molecule has 27 heavy (non-hydrogen) atoms. The van der Waals surface area contributed by atoms with Crippen LogP contribution in [0.4, 0.5) is 4.79 Å². The van der Waals surface area contributed by atoms with Crippen LogP contribution in [0, 0.1) is 13.8 Å². The van der Waals surface area contributed by atoms with E-state index in [0.29, 0.717) is 18.5 Å². The quantitative estimate of drug-likeness (QED) is 0.411. The number of imide groups is 2. The SMILES string of the molecule is CCCN1C(=O)C(=O)N(CC(=O)c2cc(C)n(C[C@H]3CCCO3)c2C)C1=O. The standard InChI is InChI=1S/C19H25N3O5/c1-4-7-20-17(24)18(25)22(19(20)26)11-16(23)15-9-12(2)21(13(15)3)10-14-6-5-8-27-14/h9,14H,4-8,10-11H2,1-3H3/t14-/m1/s1. The summed E-state index contributed by atoms with van der Waals surface area (Å²) in [5.41, 5.74) is 2.17. The molecule has 0 saturated carbocycles. The van der Waals surface area contributed by atoms with Gasteiger partial charge in [0.1, 0.15) is 0 Å². The first-order chi connectivity index (χ1) is 12.8. The van der Waals surface area contributed by atoms with Gasteiger partial charge < -0.3 is 9.30 Å². The van der Waals surface area contributed by atoms with E-state index in [0.717, 1.165) is 40.6 Å². The molecule has 3 rings (SSSR count). The van der Waals surface area contributed by atoms with Crippen LogP contribution in [0.15, 0.2) is 6.07 Å². The highest BCUT2D eigenvalue weighted by atomic mass is 16.5. The Hall–Kier alpha value is -2.48. The third-order valence-electron chi connectivity index (χ3n) is 5.17. The van der Waals surface area contributed by atoms with Crippen molar-refractivity contribution in [3.63, 3.8) is 0 Å². The lowest BCUT2D eigenvalue weighted by atomic mass is 10.1. The van der Waals surface area contributed by atoms with Crippen molar-refractivity contribution in [2.45, 2.75) is 52.7 Å². The van der Waals surface area contributed by atoms with E-state index in [9.17, 15) is 19.2 Å². The summed E-state index contributed by atoms with van der Waals surface area (Å²) in [4.78, 5) is 50.7. The minimum Gasteiger partial charge on any atom is -0.376 e. The Kier molecular flexibility index (Phi) is 5.46. The Labute approximate surface area is 158 Å². The maximum atomic E-state index is 12.8. The number of Topliss-reactive ketones (excluding diaryl/α,β-unsaturated/α-hetero) is 1. The van der Waals surface area contributed by atoms with Gasteiger partial charge in [0, 0.05) is 36.6 Å². The molecule has 0 spiro atoms. The van der Waals surface area contributed by atoms with Crippen molar-refractivity contribution in [3.8, 4) is 0 Å². The summed E-state index contributed by atoms with van der Waals surface area (Å²) < 4.78 is 7.71. The fourth-order valence-electron chi connectivity index (χ4n) is 3.70. The molecular formula is C19H25N3O5. The smallest absolute Gasteiger partial charge is 0.334 e. The molecule has 0 unspecified atom stereocenters. The van der Waals surface area contributed by atoms with E-state index in [1.165, 1.54) is 0 Å². The fraction of sp³-hybridized carbons (Fsp3) is 0.579. The molecule has 0 aliphatic carbocycles. The molecule has 1 aromatic heterocycles. The van der Waals surface area contributed by atoms with Gasteiger partial charge in [-0.25, -0.2) is 9.69 Å². The summed E-state index contributed by atoms with van der Waals surface area (Å²) in [7, 11) is 0. The van der Waals surface area contributed by atoms with Crippen molar-refractivity contribution in [1.82, 2.24) is 14.4 Å². The van der Waals surface area contributed by atoms with Gasteiger partial charge in [0.15, 0.2) is 5.78 Å². The summed E-state index contributed by atoms with van der Waals surface area (Å²) in [6.45, 7) is 6.75. The van der Waals surface area contributed by atoms with Crippen molar-refractivity contribution < 1.29 is 23.9 Å². The molecule has 0 N–H and O–H groups in total. The molecule has 1 aromatic rings. The highest BCUT2D eigenvalue weighted by molar-refractivity contribution is 6.45. The van der Waals surface area contributed by atoms with Crippen LogP contribution in [-0.4, -0.2) is 63.8 Å². The van der Waals surface area contributed by atoms with Gasteiger partial charge in [0.05, 0.1) is 12.6 Å². The summed E-state index contributed by atoms with van der Waals surface area (Å²) in [5, 5.41) is 0. The first kappa shape index (κ1) is 19.3. The van der Waals surface area contributed by atoms with Gasteiger partial charge in [0.25, 0.3) is 0 Å². The monoisotopic (exact) mass is 375 g/mol. The number of rotatable bonds is 7. The van der Waals surface area contributed by atoms with E-state index >= 15 is 0 Å². The van der Waals surface area contributed by atoms with Gasteiger partial charge in [-0.1, -0.05) is 6.92 Å². The predicted molar refractivity (Wildman–Crippen MR) is 96.3 cm³/mol. The number of nitrogens with zero attached hydrogens (tertiary/aromatic N) is 3. The van der Waals surface area contributed by atoms with Crippen molar-refractivity contribution in [3.05, 3.63) is 23.0 Å². The van der Waals surface area contributed by atoms with Crippen LogP contribution in [0.2, 0.25) is 0 Å². The topological polar surface area (TPSA) is 88.9 Å². The number of ketones is 1. The van der Waals surface area contributed by atoms with E-state index in [1.807, 2.05) is 25.3 Å². The van der Waals surface area contributed by atoms with E-state index in [2.05, 4.69) is 0 Å². The lowest BCUT2D eigenvalue weighted by molar-refractivity contribution is -0.143. The normalized spacial score (nSPS) is 20.3. The number of carbonyl (C=O) groups is 4. The number of aromatic nitrogens is 1. The molecule has 0 radical (unpaired) electrons. The lowest BCUT2D eigenvalue weighted by Crippen LogP contribution is -2.37. The Morgan fingerprint density at radius 1 is 1.19 bits per heavy atom. The van der Waals surface area contributed by atoms with Crippen molar-refractivity contribution in [1.29, 1.82) is 0 Å². The molecular weight excluding hydrogens is 350 g/mol. The van der Waals surface area contributed by atoms with E-state index in [-0.39, 0.29) is 18.4 Å². The minimum atomic E-state index is -0.935. The Balaban J connectivity index is 1.75. The predicted octanol–water partition coefficient (Wildman–Crippen LogP) is 1.67. The molecule has 0 bridgehead atoms. The van der Waals surface area contributed by atoms with Gasteiger partial charge in [-0.3, -0.25) is 19.3 Å². The summed E-state index contributed by atoms with van der Waals surface area (Å²) in [6, 6.07) is 1.05. The molecule has 8 nitrogen and oxygen atoms in total. The van der Waals surface area contributed by atoms with Crippen LogP contribution < -0.4 is 0 Å². The molecule has 2 saturated heterocycles. The van der Waals surface area contributed by atoms with E-state index in [4.69, 9.17) is 4.74 Å².